The second kappa shape index (κ2) is 7.00. The quantitative estimate of drug-likeness (QED) is 0.515. The van der Waals surface area contributed by atoms with E-state index in [0.717, 1.165) is 16.4 Å². The summed E-state index contributed by atoms with van der Waals surface area (Å²) in [6.07, 6.45) is 3.80. The van der Waals surface area contributed by atoms with Gasteiger partial charge in [0, 0.05) is 32.0 Å². The average molecular weight is 321 g/mol. The van der Waals surface area contributed by atoms with Gasteiger partial charge in [0.05, 0.1) is 10.9 Å². The first-order valence-corrected chi connectivity index (χ1v) is 8.58. The second-order valence-corrected chi connectivity index (χ2v) is 6.85. The SMILES string of the molecule is CSc1cc(N)nc(SC(C)c2cc(N(C)C)ccn2)n1. The van der Waals surface area contributed by atoms with Crippen LogP contribution in [-0.4, -0.2) is 35.3 Å². The summed E-state index contributed by atoms with van der Waals surface area (Å²) >= 11 is 3.12. The van der Waals surface area contributed by atoms with Gasteiger partial charge in [-0.3, -0.25) is 4.98 Å². The van der Waals surface area contributed by atoms with Crippen LogP contribution in [0.2, 0.25) is 0 Å². The molecule has 2 heterocycles. The van der Waals surface area contributed by atoms with Crippen LogP contribution in [0.4, 0.5) is 11.5 Å². The molecular weight excluding hydrogens is 302 g/mol. The number of anilines is 2. The number of nitrogens with two attached hydrogens (primary N) is 1. The molecule has 112 valence electrons. The molecule has 5 nitrogen and oxygen atoms in total. The van der Waals surface area contributed by atoms with Crippen LogP contribution in [0.1, 0.15) is 17.9 Å². The number of nitrogen functional groups attached to an aromatic ring is 1. The molecule has 0 saturated carbocycles. The van der Waals surface area contributed by atoms with E-state index >= 15 is 0 Å². The lowest BCUT2D eigenvalue weighted by Crippen LogP contribution is -2.09. The molecule has 1 atom stereocenters. The van der Waals surface area contributed by atoms with Gasteiger partial charge in [0.2, 0.25) is 0 Å². The summed E-state index contributed by atoms with van der Waals surface area (Å²) < 4.78 is 0. The maximum Gasteiger partial charge on any atom is 0.191 e. The Kier molecular flexibility index (Phi) is 5.30. The maximum absolute atomic E-state index is 5.81. The van der Waals surface area contributed by atoms with Crippen LogP contribution in [0.3, 0.4) is 0 Å². The first-order valence-electron chi connectivity index (χ1n) is 6.48. The highest BCUT2D eigenvalue weighted by Gasteiger charge is 2.13. The van der Waals surface area contributed by atoms with E-state index in [1.165, 1.54) is 0 Å². The molecule has 0 spiro atoms. The topological polar surface area (TPSA) is 67.9 Å². The third-order valence-electron chi connectivity index (χ3n) is 2.89. The molecule has 0 aliphatic carbocycles. The molecular formula is C14H19N5S2. The molecule has 0 aliphatic rings. The van der Waals surface area contributed by atoms with E-state index in [9.17, 15) is 0 Å². The van der Waals surface area contributed by atoms with Gasteiger partial charge in [-0.05, 0) is 25.3 Å². The van der Waals surface area contributed by atoms with Gasteiger partial charge >= 0.3 is 0 Å². The zero-order valence-electron chi connectivity index (χ0n) is 12.6. The fourth-order valence-electron chi connectivity index (χ4n) is 1.73. The molecule has 0 amide bonds. The minimum Gasteiger partial charge on any atom is -0.384 e. The van der Waals surface area contributed by atoms with Crippen LogP contribution in [0.15, 0.2) is 34.6 Å². The van der Waals surface area contributed by atoms with E-state index in [2.05, 4.69) is 32.8 Å². The number of pyridine rings is 1. The Balaban J connectivity index is 2.19. The van der Waals surface area contributed by atoms with Gasteiger partial charge in [0.25, 0.3) is 0 Å². The smallest absolute Gasteiger partial charge is 0.191 e. The Morgan fingerprint density at radius 3 is 2.67 bits per heavy atom. The third kappa shape index (κ3) is 4.25. The van der Waals surface area contributed by atoms with Crippen molar-refractivity contribution in [3.8, 4) is 0 Å². The van der Waals surface area contributed by atoms with Gasteiger partial charge in [-0.1, -0.05) is 11.8 Å². The lowest BCUT2D eigenvalue weighted by molar-refractivity contribution is 0.887. The molecule has 21 heavy (non-hydrogen) atoms. The predicted molar refractivity (Wildman–Crippen MR) is 91.1 cm³/mol. The number of aromatic nitrogens is 3. The van der Waals surface area contributed by atoms with Crippen LogP contribution >= 0.6 is 23.5 Å². The summed E-state index contributed by atoms with van der Waals surface area (Å²) in [5, 5.41) is 1.72. The van der Waals surface area contributed by atoms with Gasteiger partial charge in [-0.2, -0.15) is 0 Å². The van der Waals surface area contributed by atoms with Crippen molar-refractivity contribution in [2.75, 3.05) is 31.0 Å². The van der Waals surface area contributed by atoms with E-state index in [0.29, 0.717) is 11.0 Å². The second-order valence-electron chi connectivity index (χ2n) is 4.71. The summed E-state index contributed by atoms with van der Waals surface area (Å²) in [4.78, 5) is 15.3. The highest BCUT2D eigenvalue weighted by molar-refractivity contribution is 7.99. The molecule has 0 aromatic carbocycles. The first-order chi connectivity index (χ1) is 9.99. The van der Waals surface area contributed by atoms with Gasteiger partial charge in [-0.15, -0.1) is 11.8 Å². The lowest BCUT2D eigenvalue weighted by Gasteiger charge is -2.15. The third-order valence-corrected chi connectivity index (χ3v) is 4.51. The van der Waals surface area contributed by atoms with Gasteiger partial charge in [0.15, 0.2) is 5.16 Å². The average Bonchev–Trinajstić information content (AvgIpc) is 2.46. The summed E-state index contributed by atoms with van der Waals surface area (Å²) in [5.41, 5.74) is 7.95. The summed E-state index contributed by atoms with van der Waals surface area (Å²) in [7, 11) is 4.03. The van der Waals surface area contributed by atoms with Crippen LogP contribution in [0.5, 0.6) is 0 Å². The highest BCUT2D eigenvalue weighted by atomic mass is 32.2. The minimum absolute atomic E-state index is 0.154. The van der Waals surface area contributed by atoms with E-state index < -0.39 is 0 Å². The molecule has 2 N–H and O–H groups in total. The Bertz CT molecular complexity index is 618. The van der Waals surface area contributed by atoms with Crippen molar-refractivity contribution in [3.05, 3.63) is 30.1 Å². The molecule has 0 aliphatic heterocycles. The zero-order chi connectivity index (χ0) is 15.4. The van der Waals surface area contributed by atoms with E-state index in [1.54, 1.807) is 29.6 Å². The van der Waals surface area contributed by atoms with Crippen LogP contribution in [0.25, 0.3) is 0 Å². The van der Waals surface area contributed by atoms with E-state index in [-0.39, 0.29) is 5.25 Å². The van der Waals surface area contributed by atoms with Crippen LogP contribution in [0, 0.1) is 0 Å². The standard InChI is InChI=1S/C14H19N5S2/c1-9(11-7-10(19(2)3)5-6-16-11)21-14-17-12(15)8-13(18-14)20-4/h5-9H,1-4H3,(H2,15,17,18). The van der Waals surface area contributed by atoms with E-state index in [4.69, 9.17) is 5.73 Å². The Morgan fingerprint density at radius 1 is 1.24 bits per heavy atom. The molecule has 0 radical (unpaired) electrons. The Morgan fingerprint density at radius 2 is 2.00 bits per heavy atom. The molecule has 2 rings (SSSR count). The Labute approximate surface area is 133 Å². The molecule has 2 aromatic heterocycles. The maximum atomic E-state index is 5.81. The number of nitrogens with zero attached hydrogens (tertiary/aromatic N) is 4. The summed E-state index contributed by atoms with van der Waals surface area (Å²) in [6, 6.07) is 5.85. The van der Waals surface area contributed by atoms with Crippen LogP contribution in [-0.2, 0) is 0 Å². The summed E-state index contributed by atoms with van der Waals surface area (Å²) in [5.74, 6) is 0.499. The number of hydrogen-bond acceptors (Lipinski definition) is 7. The Hall–Kier alpha value is -1.47. The van der Waals surface area contributed by atoms with Crippen LogP contribution < -0.4 is 10.6 Å². The van der Waals surface area contributed by atoms with Crippen molar-refractivity contribution in [2.24, 2.45) is 0 Å². The van der Waals surface area contributed by atoms with E-state index in [1.807, 2.05) is 32.6 Å². The minimum atomic E-state index is 0.154. The van der Waals surface area contributed by atoms with Gasteiger partial charge in [0.1, 0.15) is 10.8 Å². The monoisotopic (exact) mass is 321 g/mol. The molecule has 0 fully saturated rings. The molecule has 0 saturated heterocycles. The zero-order valence-corrected chi connectivity index (χ0v) is 14.2. The molecule has 7 heteroatoms. The predicted octanol–water partition coefficient (Wildman–Crippen LogP) is 3.10. The molecule has 0 bridgehead atoms. The van der Waals surface area contributed by atoms with Crippen molar-refractivity contribution in [2.45, 2.75) is 22.4 Å². The molecule has 2 aromatic rings. The number of rotatable bonds is 5. The largest absolute Gasteiger partial charge is 0.384 e. The van der Waals surface area contributed by atoms with Crippen molar-refractivity contribution >= 4 is 35.0 Å². The normalized spacial score (nSPS) is 12.2. The van der Waals surface area contributed by atoms with Crippen molar-refractivity contribution in [1.29, 1.82) is 0 Å². The van der Waals surface area contributed by atoms with Crippen molar-refractivity contribution in [1.82, 2.24) is 15.0 Å². The number of hydrogen-bond donors (Lipinski definition) is 1. The fraction of sp³-hybridized carbons (Fsp3) is 0.357. The lowest BCUT2D eigenvalue weighted by atomic mass is 10.2. The number of thioether (sulfide) groups is 2. The summed E-state index contributed by atoms with van der Waals surface area (Å²) in [6.45, 7) is 2.09. The van der Waals surface area contributed by atoms with Gasteiger partial charge in [-0.25, -0.2) is 9.97 Å². The fourth-order valence-corrected chi connectivity index (χ4v) is 3.08. The highest BCUT2D eigenvalue weighted by Crippen LogP contribution is 2.33. The molecule has 1 unspecified atom stereocenters. The van der Waals surface area contributed by atoms with Crippen molar-refractivity contribution in [3.63, 3.8) is 0 Å². The first kappa shape index (κ1) is 15.9. The van der Waals surface area contributed by atoms with Gasteiger partial charge < -0.3 is 10.6 Å². The van der Waals surface area contributed by atoms with Crippen molar-refractivity contribution < 1.29 is 0 Å².